The second-order valence-corrected chi connectivity index (χ2v) is 37.7. The lowest BCUT2D eigenvalue weighted by Gasteiger charge is -2.30. The number of carbonyl (C=O) groups is 15. The predicted molar refractivity (Wildman–Crippen MR) is 498 cm³/mol. The number of nitrogens with two attached hydrogens (primary N) is 8. The number of anilines is 1. The lowest BCUT2D eigenvalue weighted by molar-refractivity contribution is -0.142. The number of nitrogens with zero attached hydrogens (tertiary/aromatic N) is 10. The molecule has 0 radical (unpaired) electrons. The third-order valence-corrected chi connectivity index (χ3v) is 25.1. The van der Waals surface area contributed by atoms with E-state index in [9.17, 15) is 116 Å². The van der Waals surface area contributed by atoms with Crippen LogP contribution in [0.3, 0.4) is 0 Å². The van der Waals surface area contributed by atoms with Crippen LogP contribution in [0.25, 0.3) is 11.2 Å². The number of imidazole rings is 1. The minimum absolute atomic E-state index is 0.00393. The van der Waals surface area contributed by atoms with Gasteiger partial charge in [0.05, 0.1) is 51.0 Å². The van der Waals surface area contributed by atoms with Crippen LogP contribution in [-0.2, 0) is 111 Å². The maximum atomic E-state index is 14.4. The van der Waals surface area contributed by atoms with E-state index in [0.717, 1.165) is 13.3 Å². The van der Waals surface area contributed by atoms with Crippen LogP contribution in [0.1, 0.15) is 156 Å². The van der Waals surface area contributed by atoms with Crippen LogP contribution in [0.5, 0.6) is 0 Å². The molecule has 786 valence electrons. The molecule has 2 aliphatic heterocycles. The third kappa shape index (κ3) is 40.9. The van der Waals surface area contributed by atoms with Gasteiger partial charge in [0.25, 0.3) is 0 Å². The average Bonchev–Trinajstić information content (AvgIpc) is 1.62. The van der Waals surface area contributed by atoms with E-state index in [4.69, 9.17) is 59.7 Å². The van der Waals surface area contributed by atoms with Gasteiger partial charge >= 0.3 is 15.6 Å². The topological polar surface area (TPSA) is 936 Å². The van der Waals surface area contributed by atoms with Crippen molar-refractivity contribution < 1.29 is 134 Å². The SMILES string of the molecule is CC(=O)N[C@@H](C)C(=O)N[C@@H](CCCN=C(N)N)C(=O)N[C@@H](CCCCN)C(=O)N[C@@H](CO)C(=O)N[C@H](C(=O)NCC(=O)NCC(=O)N[C@@H](CCCCn1cc(CSCCNC(=O)CCNC(=O)[C@@H](O)C(C)(C)COP(=O)(O)OP(=O)(O)OC[C@H]2O[C@@H](n3cnc4c(N)ncnc43)[C@H](O)[C@@H]2O)nn1)C(=O)N[C@@H](C)C(=O)N1CCC[C@H]1C(=O)N[C@@H](CCCN=C(N)N)C(=O)N[C@@H](CCCCN)C(N)=O)[C@@H](C)O. The van der Waals surface area contributed by atoms with E-state index in [1.807, 2.05) is 0 Å². The number of aliphatic imine (C=N–C) groups is 2. The van der Waals surface area contributed by atoms with Crippen LogP contribution in [0, 0.1) is 5.41 Å². The molecule has 0 aromatic carbocycles. The molecule has 59 nitrogen and oxygen atoms in total. The van der Waals surface area contributed by atoms with Gasteiger partial charge in [0, 0.05) is 75.7 Å². The minimum Gasteiger partial charge on any atom is -0.394 e. The second-order valence-electron chi connectivity index (χ2n) is 33.6. The molecule has 140 heavy (non-hydrogen) atoms. The summed E-state index contributed by atoms with van der Waals surface area (Å²) in [5.74, 6) is -12.8. The van der Waals surface area contributed by atoms with Crippen LogP contribution in [0.4, 0.5) is 5.82 Å². The van der Waals surface area contributed by atoms with Crippen molar-refractivity contribution in [2.45, 2.75) is 254 Å². The Hall–Kier alpha value is -11.6. The molecule has 36 N–H and O–H groups in total. The Balaban J connectivity index is 1.16. The normalized spacial score (nSPS) is 18.4. The molecular weight excluding hydrogens is 1910 g/mol. The number of unbranched alkanes of at least 4 members (excludes halogenated alkanes) is 3. The first-order valence-electron chi connectivity index (χ1n) is 45.0. The van der Waals surface area contributed by atoms with Gasteiger partial charge < -0.3 is 160 Å². The first kappa shape index (κ1) is 119. The van der Waals surface area contributed by atoms with Gasteiger partial charge in [-0.2, -0.15) is 16.1 Å². The summed E-state index contributed by atoms with van der Waals surface area (Å²) in [7, 11) is -11.0. The van der Waals surface area contributed by atoms with Crippen LogP contribution >= 0.6 is 27.4 Å². The molecule has 2 unspecified atom stereocenters. The highest BCUT2D eigenvalue weighted by Gasteiger charge is 2.48. The van der Waals surface area contributed by atoms with Gasteiger partial charge in [-0.3, -0.25) is 100 Å². The van der Waals surface area contributed by atoms with Crippen molar-refractivity contribution in [3.8, 4) is 0 Å². The Morgan fingerprint density at radius 2 is 1.17 bits per heavy atom. The number of hydrogen-bond donors (Lipinski definition) is 28. The molecule has 0 saturated carbocycles. The van der Waals surface area contributed by atoms with E-state index >= 15 is 0 Å². The first-order chi connectivity index (χ1) is 66.0. The number of likely N-dealkylation sites (tertiary alicyclic amines) is 1. The number of primary amides is 1. The number of carbonyl (C=O) groups excluding carboxylic acids is 15. The van der Waals surface area contributed by atoms with Gasteiger partial charge in [-0.25, -0.2) is 24.1 Å². The summed E-state index contributed by atoms with van der Waals surface area (Å²) in [5, 5.41) is 93.6. The number of rotatable bonds is 65. The molecule has 2 aliphatic rings. The van der Waals surface area contributed by atoms with E-state index in [-0.39, 0.29) is 145 Å². The number of aromatic nitrogens is 7. The zero-order chi connectivity index (χ0) is 104. The fourth-order valence-corrected chi connectivity index (χ4v) is 16.9. The van der Waals surface area contributed by atoms with E-state index in [1.54, 1.807) is 6.20 Å². The van der Waals surface area contributed by atoms with Crippen molar-refractivity contribution in [1.29, 1.82) is 0 Å². The number of guanidine groups is 2. The minimum atomic E-state index is -5.51. The van der Waals surface area contributed by atoms with Crippen molar-refractivity contribution in [3.05, 3.63) is 24.5 Å². The van der Waals surface area contributed by atoms with E-state index in [1.165, 1.54) is 66.9 Å². The van der Waals surface area contributed by atoms with Crippen LogP contribution in [-0.4, -0.2) is 351 Å². The van der Waals surface area contributed by atoms with Crippen molar-refractivity contribution in [1.82, 2.24) is 109 Å². The highest BCUT2D eigenvalue weighted by molar-refractivity contribution is 7.98. The number of thioether (sulfide) groups is 1. The monoisotopic (exact) mass is 2050 g/mol. The average molecular weight is 2050 g/mol. The van der Waals surface area contributed by atoms with Crippen molar-refractivity contribution in [2.24, 2.45) is 55.5 Å². The number of hydrogen-bond acceptors (Lipinski definition) is 37. The van der Waals surface area contributed by atoms with Crippen LogP contribution in [0.15, 0.2) is 28.8 Å². The van der Waals surface area contributed by atoms with Gasteiger partial charge in [0.15, 0.2) is 29.6 Å². The Morgan fingerprint density at radius 1 is 0.614 bits per heavy atom. The van der Waals surface area contributed by atoms with Crippen molar-refractivity contribution >= 4 is 145 Å². The summed E-state index contributed by atoms with van der Waals surface area (Å²) in [6.07, 6.45) is -3.53. The van der Waals surface area contributed by atoms with Crippen molar-refractivity contribution in [2.75, 3.05) is 90.2 Å². The number of nitrogens with one attached hydrogen (secondary N) is 13. The van der Waals surface area contributed by atoms with Crippen LogP contribution in [0.2, 0.25) is 0 Å². The summed E-state index contributed by atoms with van der Waals surface area (Å²) in [5.41, 5.74) is 43.7. The molecule has 3 aromatic heterocycles. The largest absolute Gasteiger partial charge is 0.481 e. The lowest BCUT2D eigenvalue weighted by Crippen LogP contribution is -2.61. The van der Waals surface area contributed by atoms with Gasteiger partial charge in [0.1, 0.15) is 96.7 Å². The maximum Gasteiger partial charge on any atom is 0.481 e. The number of nitrogen functional groups attached to an aromatic ring is 1. The number of aliphatic hydroxyl groups excluding tert-OH is 5. The number of amides is 15. The molecule has 0 bridgehead atoms. The number of phosphoric ester groups is 2. The predicted octanol–water partition coefficient (Wildman–Crippen LogP) is -11.1. The van der Waals surface area contributed by atoms with Crippen LogP contribution < -0.4 is 115 Å². The number of ether oxygens (including phenoxy) is 1. The molecule has 3 aromatic rings. The summed E-state index contributed by atoms with van der Waals surface area (Å²) >= 11 is 1.36. The molecule has 0 spiro atoms. The summed E-state index contributed by atoms with van der Waals surface area (Å²) in [6.45, 7) is 3.44. The third-order valence-electron chi connectivity index (χ3n) is 21.5. The standard InChI is InChI=1S/C78H135N31O28P2S/c1-41(96-44(4)112)65(120)100-49(19-13-25-89-76(83)84)68(123)101-48(17-8-11-24-80)69(124)103-51(35-110)70(125)104-57(43(3)111)72(127)92-32-55(114)91-33-56(115)98-47(66(121)97-42(2)74(129)108-30-15-21-52(108)71(126)102-50(20-14-26-90-77(85)86)67(122)99-46(63(82)119)16-7-10-23-79)18-9-12-29-107-34-45(105-106-107)37-140-31-28-87-54(113)22-27-88-73(128)61(118)78(5,6)38-135-139(132,133)137-138(130,131)134-36-53-59(116)60(117)75(136-53)109-40-95-58-62(81)93-39-94-64(58)109/h34,39-43,46-53,57,59-61,75,110-111,116-118H,7-33,35-38,79-80H2,1-6H3,(H2,82,119)(H,87,113)(H,88,128)(H,91,114)(H,92,127)(H,96,112)(H,97,121)(H,98,115)(H,99,122)(H,100,120)(H,101,123)(H,102,126)(H,103,124)(H,104,125)(H,130,131)(H,132,133)(H2,81,93,94)(H4,83,84,89)(H4,85,86,90)/t41-,42-,43+,46-,47-,48-,49-,50-,51-,52-,53+,57-,59+,60+,61+,75+/m0/s1. The number of fused-ring (bicyclic) bond motifs is 1. The number of phosphoric acid groups is 2. The Bertz CT molecular complexity index is 4820. The summed E-state index contributed by atoms with van der Waals surface area (Å²) < 4.78 is 48.0. The highest BCUT2D eigenvalue weighted by Crippen LogP contribution is 2.61. The summed E-state index contributed by atoms with van der Waals surface area (Å²) in [6, 6.07) is -13.9. The molecular formula is C78H135N31O28P2S. The van der Waals surface area contributed by atoms with Gasteiger partial charge in [-0.1, -0.05) is 19.1 Å². The second kappa shape index (κ2) is 59.2. The molecule has 2 fully saturated rings. The Kier molecular flexibility index (Phi) is 50.3. The smallest absolute Gasteiger partial charge is 0.394 e. The van der Waals surface area contributed by atoms with E-state index < -0.39 is 240 Å². The van der Waals surface area contributed by atoms with Gasteiger partial charge in [-0.05, 0) is 130 Å². The Morgan fingerprint density at radius 3 is 1.77 bits per heavy atom. The molecule has 18 atom stereocenters. The molecule has 0 aliphatic carbocycles. The fraction of sp³-hybridized carbons (Fsp3) is 0.692. The van der Waals surface area contributed by atoms with Gasteiger partial charge in [0.2, 0.25) is 88.6 Å². The quantitative estimate of drug-likeness (QED) is 0.0108. The molecule has 5 heterocycles. The molecule has 62 heteroatoms. The first-order valence-corrected chi connectivity index (χ1v) is 49.1. The number of aliphatic hydroxyl groups is 5. The molecule has 15 amide bonds. The van der Waals surface area contributed by atoms with E-state index in [2.05, 4.69) is 109 Å². The maximum absolute atomic E-state index is 14.4. The Labute approximate surface area is 808 Å². The molecule has 5 rings (SSSR count). The zero-order valence-corrected chi connectivity index (χ0v) is 81.1. The molecule has 2 saturated heterocycles. The van der Waals surface area contributed by atoms with Gasteiger partial charge in [-0.15, -0.1) is 5.10 Å². The van der Waals surface area contributed by atoms with E-state index in [0.29, 0.717) is 55.8 Å². The zero-order valence-electron chi connectivity index (χ0n) is 78.5. The van der Waals surface area contributed by atoms with Crippen molar-refractivity contribution in [3.63, 3.8) is 0 Å². The summed E-state index contributed by atoms with van der Waals surface area (Å²) in [4.78, 5) is 243. The highest BCUT2D eigenvalue weighted by atomic mass is 32.2. The fourth-order valence-electron chi connectivity index (χ4n) is 13.9. The number of aryl methyl sites for hydroxylation is 1. The lowest BCUT2D eigenvalue weighted by atomic mass is 9.87.